The van der Waals surface area contributed by atoms with Crippen molar-refractivity contribution >= 4 is 16.9 Å². The van der Waals surface area contributed by atoms with Gasteiger partial charge in [0.15, 0.2) is 0 Å². The summed E-state index contributed by atoms with van der Waals surface area (Å²) in [5.74, 6) is -0.0428. The lowest BCUT2D eigenvalue weighted by Crippen LogP contribution is -2.31. The molecule has 0 saturated heterocycles. The third-order valence-corrected chi connectivity index (χ3v) is 4.18. The van der Waals surface area contributed by atoms with Gasteiger partial charge in [-0.2, -0.15) is 0 Å². The van der Waals surface area contributed by atoms with Crippen LogP contribution in [0.5, 0.6) is 0 Å². The minimum Gasteiger partial charge on any atom is -0.480 e. The van der Waals surface area contributed by atoms with E-state index in [9.17, 15) is 4.79 Å². The molecule has 1 saturated carbocycles. The second-order valence-electron chi connectivity index (χ2n) is 5.96. The molecule has 1 N–H and O–H groups in total. The molecular formula is C17H22N2O2. The molecule has 21 heavy (non-hydrogen) atoms. The average molecular weight is 286 g/mol. The van der Waals surface area contributed by atoms with Gasteiger partial charge in [-0.3, -0.25) is 9.69 Å². The molecule has 0 aliphatic heterocycles. The molecule has 0 amide bonds. The van der Waals surface area contributed by atoms with Gasteiger partial charge in [0.2, 0.25) is 0 Å². The van der Waals surface area contributed by atoms with E-state index in [1.54, 1.807) is 0 Å². The van der Waals surface area contributed by atoms with Gasteiger partial charge >= 0.3 is 5.97 Å². The first kappa shape index (κ1) is 14.1. The lowest BCUT2D eigenvalue weighted by Gasteiger charge is -2.19. The summed E-state index contributed by atoms with van der Waals surface area (Å²) in [6, 6.07) is 8.36. The van der Waals surface area contributed by atoms with Crippen molar-refractivity contribution in [1.82, 2.24) is 9.47 Å². The Labute approximate surface area is 125 Å². The first-order valence-corrected chi connectivity index (χ1v) is 7.68. The zero-order valence-electron chi connectivity index (χ0n) is 12.5. The fourth-order valence-corrected chi connectivity index (χ4v) is 2.99. The number of nitrogens with zero attached hydrogens (tertiary/aromatic N) is 2. The molecule has 2 aromatic rings. The molecule has 1 fully saturated rings. The Balaban J connectivity index is 1.85. The maximum absolute atomic E-state index is 11.1. The van der Waals surface area contributed by atoms with Gasteiger partial charge in [-0.25, -0.2) is 0 Å². The standard InChI is InChI=1S/C17H22N2O2/c1-2-19-11-14(15-5-3-4-6-16(15)19)10-18(12-17(20)21)9-13-7-8-13/h3-6,11,13H,2,7-10,12H2,1H3,(H,20,21). The molecule has 0 radical (unpaired) electrons. The van der Waals surface area contributed by atoms with Crippen LogP contribution in [0.4, 0.5) is 0 Å². The summed E-state index contributed by atoms with van der Waals surface area (Å²) in [5, 5.41) is 10.4. The average Bonchev–Trinajstić information content (AvgIpc) is 3.20. The van der Waals surface area contributed by atoms with E-state index in [0.29, 0.717) is 5.92 Å². The minimum atomic E-state index is -0.741. The third kappa shape index (κ3) is 3.27. The van der Waals surface area contributed by atoms with Gasteiger partial charge in [0.1, 0.15) is 0 Å². The number of aryl methyl sites for hydroxylation is 1. The van der Waals surface area contributed by atoms with Crippen molar-refractivity contribution < 1.29 is 9.90 Å². The number of benzene rings is 1. The van der Waals surface area contributed by atoms with Crippen LogP contribution >= 0.6 is 0 Å². The van der Waals surface area contributed by atoms with E-state index >= 15 is 0 Å². The molecule has 1 aliphatic rings. The topological polar surface area (TPSA) is 45.5 Å². The SMILES string of the molecule is CCn1cc(CN(CC(=O)O)CC2CC2)c2ccccc21. The van der Waals surface area contributed by atoms with Crippen LogP contribution in [-0.4, -0.2) is 33.6 Å². The first-order valence-electron chi connectivity index (χ1n) is 7.68. The molecule has 112 valence electrons. The van der Waals surface area contributed by atoms with E-state index in [-0.39, 0.29) is 6.54 Å². The zero-order valence-corrected chi connectivity index (χ0v) is 12.5. The summed E-state index contributed by atoms with van der Waals surface area (Å²) >= 11 is 0. The fraction of sp³-hybridized carbons (Fsp3) is 0.471. The number of rotatable bonds is 7. The Hall–Kier alpha value is -1.81. The maximum atomic E-state index is 11.1. The number of aliphatic carboxylic acids is 1. The molecule has 0 unspecified atom stereocenters. The number of hydrogen-bond donors (Lipinski definition) is 1. The number of fused-ring (bicyclic) bond motifs is 1. The summed E-state index contributed by atoms with van der Waals surface area (Å²) in [7, 11) is 0. The van der Waals surface area contributed by atoms with E-state index < -0.39 is 5.97 Å². The Bertz CT molecular complexity index is 643. The van der Waals surface area contributed by atoms with Gasteiger partial charge in [-0.15, -0.1) is 0 Å². The number of hydrogen-bond acceptors (Lipinski definition) is 2. The fourth-order valence-electron chi connectivity index (χ4n) is 2.99. The van der Waals surface area contributed by atoms with E-state index in [1.165, 1.54) is 29.3 Å². The van der Waals surface area contributed by atoms with Crippen molar-refractivity contribution in [3.63, 3.8) is 0 Å². The molecule has 4 nitrogen and oxygen atoms in total. The Morgan fingerprint density at radius 1 is 1.38 bits per heavy atom. The number of carbonyl (C=O) groups is 1. The lowest BCUT2D eigenvalue weighted by molar-refractivity contribution is -0.138. The van der Waals surface area contributed by atoms with Crippen molar-refractivity contribution in [3.8, 4) is 0 Å². The molecule has 1 aromatic heterocycles. The van der Waals surface area contributed by atoms with Crippen LogP contribution in [0, 0.1) is 5.92 Å². The molecule has 1 aliphatic carbocycles. The van der Waals surface area contributed by atoms with Gasteiger partial charge in [-0.05, 0) is 37.3 Å². The second kappa shape index (κ2) is 5.90. The zero-order chi connectivity index (χ0) is 14.8. The Morgan fingerprint density at radius 3 is 2.81 bits per heavy atom. The Morgan fingerprint density at radius 2 is 2.14 bits per heavy atom. The van der Waals surface area contributed by atoms with E-state index in [4.69, 9.17) is 5.11 Å². The van der Waals surface area contributed by atoms with Crippen LogP contribution in [0.25, 0.3) is 10.9 Å². The van der Waals surface area contributed by atoms with Crippen LogP contribution in [0.1, 0.15) is 25.3 Å². The van der Waals surface area contributed by atoms with Gasteiger partial charge in [-0.1, -0.05) is 18.2 Å². The van der Waals surface area contributed by atoms with E-state index in [2.05, 4.69) is 40.8 Å². The monoisotopic (exact) mass is 286 g/mol. The predicted octanol–water partition coefficient (Wildman–Crippen LogP) is 2.96. The maximum Gasteiger partial charge on any atom is 0.317 e. The normalized spacial score (nSPS) is 15.0. The summed E-state index contributed by atoms with van der Waals surface area (Å²) < 4.78 is 2.24. The summed E-state index contributed by atoms with van der Waals surface area (Å²) in [4.78, 5) is 13.2. The summed E-state index contributed by atoms with van der Waals surface area (Å²) in [6.45, 7) is 4.81. The second-order valence-corrected chi connectivity index (χ2v) is 5.96. The van der Waals surface area contributed by atoms with Gasteiger partial charge in [0.05, 0.1) is 6.54 Å². The number of carboxylic acids is 1. The molecule has 3 rings (SSSR count). The molecular weight excluding hydrogens is 264 g/mol. The van der Waals surface area contributed by atoms with Crippen molar-refractivity contribution in [1.29, 1.82) is 0 Å². The first-order chi connectivity index (χ1) is 10.2. The highest BCUT2D eigenvalue weighted by molar-refractivity contribution is 5.84. The van der Waals surface area contributed by atoms with Gasteiger partial charge < -0.3 is 9.67 Å². The highest BCUT2D eigenvalue weighted by Crippen LogP contribution is 2.31. The third-order valence-electron chi connectivity index (χ3n) is 4.18. The number of carboxylic acid groups (broad SMARTS) is 1. The van der Waals surface area contributed by atoms with Crippen LogP contribution in [0.3, 0.4) is 0 Å². The van der Waals surface area contributed by atoms with E-state index in [0.717, 1.165) is 19.6 Å². The van der Waals surface area contributed by atoms with Gasteiger partial charge in [0.25, 0.3) is 0 Å². The minimum absolute atomic E-state index is 0.127. The highest BCUT2D eigenvalue weighted by Gasteiger charge is 2.25. The predicted molar refractivity (Wildman–Crippen MR) is 83.2 cm³/mol. The van der Waals surface area contributed by atoms with Crippen molar-refractivity contribution in [2.24, 2.45) is 5.92 Å². The number of para-hydroxylation sites is 1. The smallest absolute Gasteiger partial charge is 0.317 e. The molecule has 0 spiro atoms. The molecule has 0 bridgehead atoms. The summed E-state index contributed by atoms with van der Waals surface area (Å²) in [5.41, 5.74) is 2.46. The molecule has 1 aromatic carbocycles. The molecule has 0 atom stereocenters. The number of aromatic nitrogens is 1. The Kier molecular flexibility index (Phi) is 3.97. The van der Waals surface area contributed by atoms with Crippen molar-refractivity contribution in [2.75, 3.05) is 13.1 Å². The summed E-state index contributed by atoms with van der Waals surface area (Å²) in [6.07, 6.45) is 4.66. The lowest BCUT2D eigenvalue weighted by atomic mass is 10.1. The van der Waals surface area contributed by atoms with Crippen molar-refractivity contribution in [2.45, 2.75) is 32.9 Å². The van der Waals surface area contributed by atoms with Crippen LogP contribution in [0.15, 0.2) is 30.5 Å². The molecule has 4 heteroatoms. The van der Waals surface area contributed by atoms with Crippen LogP contribution in [-0.2, 0) is 17.9 Å². The highest BCUT2D eigenvalue weighted by atomic mass is 16.4. The van der Waals surface area contributed by atoms with Gasteiger partial charge in [0, 0.05) is 36.7 Å². The van der Waals surface area contributed by atoms with Crippen LogP contribution < -0.4 is 0 Å². The molecule has 1 heterocycles. The quantitative estimate of drug-likeness (QED) is 0.851. The van der Waals surface area contributed by atoms with Crippen LogP contribution in [0.2, 0.25) is 0 Å². The van der Waals surface area contributed by atoms with Crippen molar-refractivity contribution in [3.05, 3.63) is 36.0 Å². The largest absolute Gasteiger partial charge is 0.480 e. The van der Waals surface area contributed by atoms with E-state index in [1.807, 2.05) is 6.07 Å².